The van der Waals surface area contributed by atoms with Gasteiger partial charge in [0.25, 0.3) is 5.91 Å². The summed E-state index contributed by atoms with van der Waals surface area (Å²) in [6.45, 7) is 5.77. The fourth-order valence-corrected chi connectivity index (χ4v) is 3.30. The molecule has 0 saturated heterocycles. The molecule has 1 N–H and O–H groups in total. The molecule has 0 fully saturated rings. The molecule has 0 aliphatic rings. The second-order valence-corrected chi connectivity index (χ2v) is 7.39. The summed E-state index contributed by atoms with van der Waals surface area (Å²) >= 11 is 0. The molecule has 30 heavy (non-hydrogen) atoms. The van der Waals surface area contributed by atoms with Gasteiger partial charge in [-0.05, 0) is 38.0 Å². The molecular weight excluding hydrogens is 384 g/mol. The minimum atomic E-state index is -0.462. The third-order valence-electron chi connectivity index (χ3n) is 5.18. The standard InChI is InChI=1S/C23H32N2O5/c1-18-10-11-21(30-18)16-25(13-12-20-8-6-5-7-9-20)22(26)17-24(14-15-28-3)19(2)23(27)29-4/h5-11,19H,12-17H2,1-4H3/p+1/t19-/m0/s1. The summed E-state index contributed by atoms with van der Waals surface area (Å²) in [5, 5.41) is 0. The molecule has 0 bridgehead atoms. The van der Waals surface area contributed by atoms with Crippen LogP contribution in [-0.2, 0) is 32.0 Å². The maximum atomic E-state index is 13.2. The number of benzene rings is 1. The van der Waals surface area contributed by atoms with Crippen molar-refractivity contribution in [2.24, 2.45) is 0 Å². The fourth-order valence-electron chi connectivity index (χ4n) is 3.30. The van der Waals surface area contributed by atoms with E-state index in [0.29, 0.717) is 26.2 Å². The number of nitrogens with zero attached hydrogens (tertiary/aromatic N) is 1. The summed E-state index contributed by atoms with van der Waals surface area (Å²) in [4.78, 5) is 27.9. The zero-order chi connectivity index (χ0) is 21.9. The summed E-state index contributed by atoms with van der Waals surface area (Å²) in [6, 6.07) is 13.4. The Morgan fingerprint density at radius 2 is 1.87 bits per heavy atom. The van der Waals surface area contributed by atoms with Crippen LogP contribution in [-0.4, -0.2) is 63.3 Å². The molecule has 0 aliphatic carbocycles. The Morgan fingerprint density at radius 1 is 1.13 bits per heavy atom. The van der Waals surface area contributed by atoms with Gasteiger partial charge in [-0.3, -0.25) is 4.79 Å². The average molecular weight is 418 g/mol. The van der Waals surface area contributed by atoms with Crippen molar-refractivity contribution < 1.29 is 28.4 Å². The summed E-state index contributed by atoms with van der Waals surface area (Å²) < 4.78 is 15.7. The van der Waals surface area contributed by atoms with Crippen LogP contribution < -0.4 is 4.90 Å². The number of nitrogens with one attached hydrogen (secondary N) is 1. The van der Waals surface area contributed by atoms with Crippen LogP contribution in [0.2, 0.25) is 0 Å². The zero-order valence-electron chi connectivity index (χ0n) is 18.3. The van der Waals surface area contributed by atoms with Gasteiger partial charge in [0.2, 0.25) is 0 Å². The van der Waals surface area contributed by atoms with Crippen molar-refractivity contribution >= 4 is 11.9 Å². The monoisotopic (exact) mass is 417 g/mol. The number of methoxy groups -OCH3 is 2. The molecular formula is C23H33N2O5+. The lowest BCUT2D eigenvalue weighted by molar-refractivity contribution is -0.907. The Hall–Kier alpha value is -2.64. The fraction of sp³-hybridized carbons (Fsp3) is 0.478. The largest absolute Gasteiger partial charge is 0.465 e. The van der Waals surface area contributed by atoms with Gasteiger partial charge in [0.05, 0.1) is 20.3 Å². The van der Waals surface area contributed by atoms with Gasteiger partial charge in [-0.25, -0.2) is 4.79 Å². The minimum absolute atomic E-state index is 0.0400. The zero-order valence-corrected chi connectivity index (χ0v) is 18.3. The van der Waals surface area contributed by atoms with Crippen molar-refractivity contribution in [3.63, 3.8) is 0 Å². The van der Waals surface area contributed by atoms with Crippen molar-refractivity contribution in [2.45, 2.75) is 32.9 Å². The quantitative estimate of drug-likeness (QED) is 0.526. The van der Waals surface area contributed by atoms with E-state index in [4.69, 9.17) is 13.9 Å². The van der Waals surface area contributed by atoms with Gasteiger partial charge in [-0.15, -0.1) is 0 Å². The summed E-state index contributed by atoms with van der Waals surface area (Å²) in [5.74, 6) is 1.17. The molecule has 0 radical (unpaired) electrons. The van der Waals surface area contributed by atoms with Gasteiger partial charge in [0, 0.05) is 13.7 Å². The number of furan rings is 1. The van der Waals surface area contributed by atoms with E-state index in [2.05, 4.69) is 12.1 Å². The summed E-state index contributed by atoms with van der Waals surface area (Å²) in [6.07, 6.45) is 0.742. The number of ether oxygens (including phenoxy) is 2. The molecule has 164 valence electrons. The first-order valence-electron chi connectivity index (χ1n) is 10.2. The number of hydrogen-bond donors (Lipinski definition) is 1. The van der Waals surface area contributed by atoms with Crippen molar-refractivity contribution in [2.75, 3.05) is 40.5 Å². The van der Waals surface area contributed by atoms with Gasteiger partial charge >= 0.3 is 5.97 Å². The van der Waals surface area contributed by atoms with Crippen LogP contribution in [0.1, 0.15) is 24.0 Å². The molecule has 1 unspecified atom stereocenters. The lowest BCUT2D eigenvalue weighted by Crippen LogP contribution is -3.18. The van der Waals surface area contributed by atoms with Crippen molar-refractivity contribution in [1.82, 2.24) is 4.90 Å². The number of amides is 1. The van der Waals surface area contributed by atoms with Crippen LogP contribution in [0.15, 0.2) is 46.9 Å². The van der Waals surface area contributed by atoms with E-state index in [1.165, 1.54) is 7.11 Å². The molecule has 7 nitrogen and oxygen atoms in total. The summed E-state index contributed by atoms with van der Waals surface area (Å²) in [5.41, 5.74) is 1.16. The highest BCUT2D eigenvalue weighted by Gasteiger charge is 2.30. The third-order valence-corrected chi connectivity index (χ3v) is 5.18. The van der Waals surface area contributed by atoms with Crippen molar-refractivity contribution in [3.8, 4) is 0 Å². The van der Waals surface area contributed by atoms with E-state index in [1.807, 2.05) is 37.3 Å². The van der Waals surface area contributed by atoms with Crippen LogP contribution in [0.25, 0.3) is 0 Å². The normalized spacial score (nSPS) is 12.9. The molecule has 0 aliphatic heterocycles. The van der Waals surface area contributed by atoms with E-state index >= 15 is 0 Å². The lowest BCUT2D eigenvalue weighted by Gasteiger charge is -2.27. The molecule has 1 heterocycles. The van der Waals surface area contributed by atoms with Crippen LogP contribution in [0.5, 0.6) is 0 Å². The number of esters is 1. The number of hydrogen-bond acceptors (Lipinski definition) is 5. The van der Waals surface area contributed by atoms with Crippen LogP contribution in [0.4, 0.5) is 0 Å². The highest BCUT2D eigenvalue weighted by atomic mass is 16.5. The Labute approximate surface area is 178 Å². The molecule has 2 rings (SSSR count). The number of carbonyl (C=O) groups is 2. The predicted octanol–water partition coefficient (Wildman–Crippen LogP) is 1.25. The maximum absolute atomic E-state index is 13.2. The van der Waals surface area contributed by atoms with E-state index in [0.717, 1.165) is 28.4 Å². The first kappa shape index (κ1) is 23.6. The van der Waals surface area contributed by atoms with E-state index in [-0.39, 0.29) is 18.4 Å². The summed E-state index contributed by atoms with van der Waals surface area (Å²) in [7, 11) is 2.97. The molecule has 2 atom stereocenters. The van der Waals surface area contributed by atoms with Crippen LogP contribution in [0, 0.1) is 6.92 Å². The minimum Gasteiger partial charge on any atom is -0.465 e. The lowest BCUT2D eigenvalue weighted by atomic mass is 10.1. The smallest absolute Gasteiger partial charge is 0.364 e. The molecule has 1 aromatic heterocycles. The Kier molecular flexibility index (Phi) is 9.57. The van der Waals surface area contributed by atoms with E-state index in [1.54, 1.807) is 18.9 Å². The molecule has 1 aromatic carbocycles. The Bertz CT molecular complexity index is 790. The van der Waals surface area contributed by atoms with Crippen molar-refractivity contribution in [3.05, 3.63) is 59.5 Å². The molecule has 1 amide bonds. The number of carbonyl (C=O) groups excluding carboxylic acids is 2. The number of rotatable bonds is 12. The van der Waals surface area contributed by atoms with Gasteiger partial charge < -0.3 is 23.7 Å². The molecule has 7 heteroatoms. The first-order chi connectivity index (χ1) is 14.4. The molecule has 0 saturated carbocycles. The van der Waals surface area contributed by atoms with E-state index < -0.39 is 6.04 Å². The highest BCUT2D eigenvalue weighted by Crippen LogP contribution is 2.11. The van der Waals surface area contributed by atoms with Gasteiger partial charge in [-0.2, -0.15) is 0 Å². The Morgan fingerprint density at radius 3 is 2.47 bits per heavy atom. The van der Waals surface area contributed by atoms with Crippen LogP contribution in [0.3, 0.4) is 0 Å². The average Bonchev–Trinajstić information content (AvgIpc) is 3.18. The Balaban J connectivity index is 2.12. The van der Waals surface area contributed by atoms with Crippen LogP contribution >= 0.6 is 0 Å². The maximum Gasteiger partial charge on any atom is 0.364 e. The van der Waals surface area contributed by atoms with E-state index in [9.17, 15) is 9.59 Å². The van der Waals surface area contributed by atoms with Gasteiger partial charge in [-0.1, -0.05) is 30.3 Å². The number of quaternary nitrogens is 1. The third kappa shape index (κ3) is 7.31. The SMILES string of the molecule is COCC[NH+](CC(=O)N(CCc1ccccc1)Cc1ccc(C)o1)[C@@H](C)C(=O)OC. The van der Waals surface area contributed by atoms with Gasteiger partial charge in [0.15, 0.2) is 12.6 Å². The predicted molar refractivity (Wildman–Crippen MR) is 113 cm³/mol. The highest BCUT2D eigenvalue weighted by molar-refractivity contribution is 5.78. The topological polar surface area (TPSA) is 73.4 Å². The second kappa shape index (κ2) is 12.1. The molecule has 2 aromatic rings. The number of aryl methyl sites for hydroxylation is 1. The van der Waals surface area contributed by atoms with Gasteiger partial charge in [0.1, 0.15) is 18.1 Å². The van der Waals surface area contributed by atoms with Crippen molar-refractivity contribution in [1.29, 1.82) is 0 Å². The first-order valence-corrected chi connectivity index (χ1v) is 10.2. The molecule has 0 spiro atoms. The second-order valence-electron chi connectivity index (χ2n) is 7.39.